The normalized spacial score (nSPS) is 16.4. The molecule has 0 radical (unpaired) electrons. The van der Waals surface area contributed by atoms with E-state index < -0.39 is 0 Å². The largest absolute Gasteiger partial charge is 0.480 e. The van der Waals surface area contributed by atoms with Crippen LogP contribution >= 0.6 is 23.2 Å². The van der Waals surface area contributed by atoms with Crippen molar-refractivity contribution in [1.29, 1.82) is 0 Å². The van der Waals surface area contributed by atoms with Gasteiger partial charge in [0.25, 0.3) is 0 Å². The van der Waals surface area contributed by atoms with Crippen molar-refractivity contribution in [3.05, 3.63) is 82.5 Å². The van der Waals surface area contributed by atoms with Gasteiger partial charge >= 0.3 is 0 Å². The number of hydrogen-bond acceptors (Lipinski definition) is 10. The molecule has 4 heterocycles. The molecule has 0 unspecified atom stereocenters. The highest BCUT2D eigenvalue weighted by Gasteiger charge is 2.29. The third kappa shape index (κ3) is 7.39. The number of rotatable bonds is 12. The van der Waals surface area contributed by atoms with E-state index in [2.05, 4.69) is 37.4 Å². The van der Waals surface area contributed by atoms with Gasteiger partial charge in [-0.1, -0.05) is 66.2 Å². The standard InChI is InChI=1S/C35H38Cl2N8O3/c1-20-11-12-22(41-20)13-38-14-30-34(47-3)43-28(15-39-30)26-9-5-7-24(32(26)36)25-8-6-10-27(33(25)37)29-16-40-31(35(44-29)48-4)19-45-17-23(18-45)42-21(2)46/h5-10,15-16,22-23,38,41H,1,11-14,17-19H2,2-4H3,(H,42,46)/t22-/m0/s1. The van der Waals surface area contributed by atoms with E-state index in [1.807, 2.05) is 36.4 Å². The van der Waals surface area contributed by atoms with Crippen molar-refractivity contribution in [2.75, 3.05) is 33.9 Å². The van der Waals surface area contributed by atoms with Crippen LogP contribution in [0.25, 0.3) is 33.6 Å². The van der Waals surface area contributed by atoms with Crippen molar-refractivity contribution in [3.63, 3.8) is 0 Å². The van der Waals surface area contributed by atoms with E-state index in [1.165, 1.54) is 6.92 Å². The Hall–Kier alpha value is -4.29. The van der Waals surface area contributed by atoms with Gasteiger partial charge in [-0.3, -0.25) is 19.7 Å². The first-order chi connectivity index (χ1) is 23.2. The van der Waals surface area contributed by atoms with Gasteiger partial charge in [-0.2, -0.15) is 0 Å². The second kappa shape index (κ2) is 14.9. The number of nitrogens with one attached hydrogen (secondary N) is 3. The monoisotopic (exact) mass is 688 g/mol. The summed E-state index contributed by atoms with van der Waals surface area (Å²) in [5, 5.41) is 10.7. The van der Waals surface area contributed by atoms with Crippen molar-refractivity contribution < 1.29 is 14.3 Å². The number of aromatic nitrogens is 4. The molecule has 48 heavy (non-hydrogen) atoms. The molecule has 13 heteroatoms. The molecule has 0 bridgehead atoms. The van der Waals surface area contributed by atoms with Gasteiger partial charge in [0.05, 0.1) is 54.1 Å². The molecule has 0 spiro atoms. The minimum Gasteiger partial charge on any atom is -0.480 e. The van der Waals surface area contributed by atoms with Crippen LogP contribution in [-0.4, -0.2) is 76.7 Å². The van der Waals surface area contributed by atoms with E-state index in [-0.39, 0.29) is 11.9 Å². The van der Waals surface area contributed by atoms with Crippen LogP contribution in [-0.2, 0) is 17.9 Å². The Morgan fingerprint density at radius 1 is 0.938 bits per heavy atom. The van der Waals surface area contributed by atoms with Gasteiger partial charge in [-0.05, 0) is 12.8 Å². The molecule has 2 aromatic heterocycles. The lowest BCUT2D eigenvalue weighted by Crippen LogP contribution is -2.58. The van der Waals surface area contributed by atoms with Crippen LogP contribution in [0.4, 0.5) is 0 Å². The first-order valence-corrected chi connectivity index (χ1v) is 16.5. The van der Waals surface area contributed by atoms with Gasteiger partial charge in [0.15, 0.2) is 0 Å². The average molecular weight is 690 g/mol. The van der Waals surface area contributed by atoms with Crippen molar-refractivity contribution in [1.82, 2.24) is 40.8 Å². The highest BCUT2D eigenvalue weighted by molar-refractivity contribution is 6.39. The van der Waals surface area contributed by atoms with Crippen molar-refractivity contribution in [2.45, 2.75) is 44.9 Å². The minimum absolute atomic E-state index is 0.0278. The Kier molecular flexibility index (Phi) is 10.4. The van der Waals surface area contributed by atoms with Crippen LogP contribution in [0.2, 0.25) is 10.0 Å². The number of carbonyl (C=O) groups excluding carboxylic acids is 1. The fourth-order valence-corrected chi connectivity index (χ4v) is 6.72. The number of allylic oxidation sites excluding steroid dienone is 1. The first-order valence-electron chi connectivity index (χ1n) is 15.8. The Balaban J connectivity index is 1.21. The summed E-state index contributed by atoms with van der Waals surface area (Å²) in [5.41, 5.74) is 6.52. The molecule has 3 N–H and O–H groups in total. The van der Waals surface area contributed by atoms with Gasteiger partial charge in [0.2, 0.25) is 17.7 Å². The molecule has 2 fully saturated rings. The fraction of sp³-hybridized carbons (Fsp3) is 0.343. The average Bonchev–Trinajstić information content (AvgIpc) is 3.48. The molecule has 1 atom stereocenters. The molecule has 1 amide bonds. The second-order valence-corrected chi connectivity index (χ2v) is 12.7. The maximum Gasteiger partial charge on any atom is 0.237 e. The number of likely N-dealkylation sites (tertiary alicyclic amines) is 1. The van der Waals surface area contributed by atoms with Gasteiger partial charge in [-0.25, -0.2) is 9.97 Å². The van der Waals surface area contributed by atoms with E-state index in [4.69, 9.17) is 42.6 Å². The number of ether oxygens (including phenoxy) is 2. The topological polar surface area (TPSA) is 126 Å². The highest BCUT2D eigenvalue weighted by atomic mass is 35.5. The molecule has 2 aromatic carbocycles. The molecule has 6 rings (SSSR count). The van der Waals surface area contributed by atoms with Gasteiger partial charge in [0.1, 0.15) is 11.4 Å². The Bertz CT molecular complexity index is 1830. The van der Waals surface area contributed by atoms with Crippen LogP contribution in [0.5, 0.6) is 11.8 Å². The lowest BCUT2D eigenvalue weighted by atomic mass is 9.98. The number of hydrogen-bond donors (Lipinski definition) is 3. The Labute approximate surface area is 290 Å². The van der Waals surface area contributed by atoms with Crippen LogP contribution in [0.3, 0.4) is 0 Å². The van der Waals surface area contributed by atoms with Crippen LogP contribution < -0.4 is 25.4 Å². The quantitative estimate of drug-likeness (QED) is 0.181. The Morgan fingerprint density at radius 3 is 2.04 bits per heavy atom. The molecule has 0 saturated carbocycles. The highest BCUT2D eigenvalue weighted by Crippen LogP contribution is 2.42. The first kappa shape index (κ1) is 33.6. The number of methoxy groups -OCH3 is 2. The van der Waals surface area contributed by atoms with Crippen molar-refractivity contribution in [2.24, 2.45) is 0 Å². The molecule has 250 valence electrons. The van der Waals surface area contributed by atoms with Crippen LogP contribution in [0, 0.1) is 0 Å². The summed E-state index contributed by atoms with van der Waals surface area (Å²) in [4.78, 5) is 32.3. The number of benzene rings is 2. The van der Waals surface area contributed by atoms with E-state index in [0.29, 0.717) is 74.8 Å². The summed E-state index contributed by atoms with van der Waals surface area (Å²) >= 11 is 14.1. The predicted octanol–water partition coefficient (Wildman–Crippen LogP) is 5.27. The zero-order valence-corrected chi connectivity index (χ0v) is 28.7. The maximum absolute atomic E-state index is 11.3. The SMILES string of the molecule is C=C1CC[C@@H](CNCc2ncc(-c3cccc(-c4cccc(-c5cnc(CN6CC(NC(C)=O)C6)c(OC)n5)c4Cl)c3Cl)nc2OC)N1. The number of nitrogens with zero attached hydrogens (tertiary/aromatic N) is 5. The van der Waals surface area contributed by atoms with Gasteiger partial charge in [0, 0.05) is 73.6 Å². The molecule has 4 aromatic rings. The Morgan fingerprint density at radius 2 is 1.50 bits per heavy atom. The summed E-state index contributed by atoms with van der Waals surface area (Å²) < 4.78 is 11.2. The molecule has 2 saturated heterocycles. The molecule has 2 aliphatic rings. The fourth-order valence-electron chi connectivity index (χ4n) is 6.07. The molecule has 0 aliphatic carbocycles. The third-order valence-corrected chi connectivity index (χ3v) is 9.29. The van der Waals surface area contributed by atoms with E-state index >= 15 is 0 Å². The minimum atomic E-state index is -0.0278. The summed E-state index contributed by atoms with van der Waals surface area (Å²) in [6.07, 6.45) is 5.47. The zero-order valence-electron chi connectivity index (χ0n) is 27.1. The smallest absolute Gasteiger partial charge is 0.237 e. The lowest BCUT2D eigenvalue weighted by Gasteiger charge is -2.39. The predicted molar refractivity (Wildman–Crippen MR) is 187 cm³/mol. The molecular weight excluding hydrogens is 651 g/mol. The lowest BCUT2D eigenvalue weighted by molar-refractivity contribution is -0.120. The zero-order chi connectivity index (χ0) is 33.8. The van der Waals surface area contributed by atoms with Crippen molar-refractivity contribution in [3.8, 4) is 45.4 Å². The van der Waals surface area contributed by atoms with Gasteiger partial charge < -0.3 is 25.4 Å². The summed E-state index contributed by atoms with van der Waals surface area (Å²) in [5.74, 6) is 0.826. The number of halogens is 2. The van der Waals surface area contributed by atoms with Gasteiger partial charge in [-0.15, -0.1) is 0 Å². The summed E-state index contributed by atoms with van der Waals surface area (Å²) in [7, 11) is 3.16. The summed E-state index contributed by atoms with van der Waals surface area (Å²) in [6.45, 7) is 8.89. The molecule has 11 nitrogen and oxygen atoms in total. The maximum atomic E-state index is 11.3. The molecule has 2 aliphatic heterocycles. The third-order valence-electron chi connectivity index (χ3n) is 8.47. The van der Waals surface area contributed by atoms with E-state index in [0.717, 1.165) is 49.3 Å². The second-order valence-electron chi connectivity index (χ2n) is 12.0. The van der Waals surface area contributed by atoms with E-state index in [1.54, 1.807) is 26.6 Å². The van der Waals surface area contributed by atoms with Crippen LogP contribution in [0.1, 0.15) is 31.2 Å². The summed E-state index contributed by atoms with van der Waals surface area (Å²) in [6, 6.07) is 12.0. The number of amides is 1. The van der Waals surface area contributed by atoms with Crippen molar-refractivity contribution >= 4 is 29.1 Å². The van der Waals surface area contributed by atoms with Crippen LogP contribution in [0.15, 0.2) is 61.1 Å². The van der Waals surface area contributed by atoms with E-state index in [9.17, 15) is 4.79 Å². The molecular formula is C35H38Cl2N8O3. The number of carbonyl (C=O) groups is 1.